The molecule has 4 aliphatic carbocycles. The van der Waals surface area contributed by atoms with Crippen molar-refractivity contribution in [3.05, 3.63) is 106 Å². The fourth-order valence-corrected chi connectivity index (χ4v) is 9.04. The molecule has 3 aromatic carbocycles. The molecular weight excluding hydrogens is 636 g/mol. The van der Waals surface area contributed by atoms with Gasteiger partial charge in [0.05, 0.1) is 23.4 Å². The normalized spacial score (nSPS) is 22.3. The van der Waals surface area contributed by atoms with Crippen LogP contribution in [0.2, 0.25) is 5.02 Å². The molecule has 0 unspecified atom stereocenters. The second-order valence-corrected chi connectivity index (χ2v) is 14.5. The van der Waals surface area contributed by atoms with Crippen molar-refractivity contribution in [3.8, 4) is 17.2 Å². The smallest absolute Gasteiger partial charge is 0.272 e. The molecule has 4 saturated carbocycles. The Labute approximate surface area is 292 Å². The third-order valence-electron chi connectivity index (χ3n) is 10.5. The Morgan fingerprint density at radius 1 is 0.878 bits per heavy atom. The van der Waals surface area contributed by atoms with E-state index in [2.05, 4.69) is 32.5 Å². The number of carbonyl (C=O) groups excluding carboxylic acids is 2. The van der Waals surface area contributed by atoms with E-state index in [0.29, 0.717) is 39.7 Å². The fraction of sp³-hybridized carbons (Fsp3) is 0.375. The molecule has 8 nitrogen and oxygen atoms in total. The van der Waals surface area contributed by atoms with Gasteiger partial charge in [-0.1, -0.05) is 23.7 Å². The molecule has 0 saturated heterocycles. The SMILES string of the molecule is CCOc1cc(C=NNC(=O)c2cc(-n3c(C)ccc3C)ccc2Cl)ccc1OCC(=O)Nc1ccc(C23CC4CC(CC(C4)C2)C3)cc1. The van der Waals surface area contributed by atoms with E-state index in [1.807, 2.05) is 51.1 Å². The Morgan fingerprint density at radius 2 is 1.55 bits per heavy atom. The van der Waals surface area contributed by atoms with Gasteiger partial charge in [0.25, 0.3) is 11.8 Å². The average molecular weight is 679 g/mol. The average Bonchev–Trinajstić information content (AvgIpc) is 3.41. The summed E-state index contributed by atoms with van der Waals surface area (Å²) in [6, 6.07) is 23.1. The zero-order valence-corrected chi connectivity index (χ0v) is 29.1. The molecule has 0 aliphatic heterocycles. The summed E-state index contributed by atoms with van der Waals surface area (Å²) in [5.41, 5.74) is 9.05. The molecule has 0 radical (unpaired) electrons. The predicted octanol–water partition coefficient (Wildman–Crippen LogP) is 8.40. The number of rotatable bonds is 11. The van der Waals surface area contributed by atoms with E-state index in [4.69, 9.17) is 21.1 Å². The number of aryl methyl sites for hydroxylation is 2. The Balaban J connectivity index is 0.947. The number of halogens is 1. The lowest BCUT2D eigenvalue weighted by Gasteiger charge is -2.57. The van der Waals surface area contributed by atoms with Crippen LogP contribution in [0, 0.1) is 31.6 Å². The zero-order chi connectivity index (χ0) is 34.1. The minimum atomic E-state index is -0.427. The van der Waals surface area contributed by atoms with Crippen LogP contribution in [0.4, 0.5) is 5.69 Å². The van der Waals surface area contributed by atoms with Crippen LogP contribution < -0.4 is 20.2 Å². The molecule has 0 spiro atoms. The highest BCUT2D eigenvalue weighted by Crippen LogP contribution is 2.60. The minimum Gasteiger partial charge on any atom is -0.490 e. The molecule has 4 bridgehead atoms. The minimum absolute atomic E-state index is 0.165. The van der Waals surface area contributed by atoms with Gasteiger partial charge in [-0.25, -0.2) is 5.43 Å². The van der Waals surface area contributed by atoms with Crippen molar-refractivity contribution in [2.24, 2.45) is 22.9 Å². The first kappa shape index (κ1) is 33.0. The number of anilines is 1. The molecule has 2 amide bonds. The third-order valence-corrected chi connectivity index (χ3v) is 10.9. The molecule has 1 heterocycles. The number of hydrogen-bond acceptors (Lipinski definition) is 5. The van der Waals surface area contributed by atoms with Gasteiger partial charge < -0.3 is 19.4 Å². The van der Waals surface area contributed by atoms with Gasteiger partial charge in [0.1, 0.15) is 0 Å². The van der Waals surface area contributed by atoms with Crippen LogP contribution in [-0.2, 0) is 10.2 Å². The van der Waals surface area contributed by atoms with E-state index in [0.717, 1.165) is 40.5 Å². The first-order chi connectivity index (χ1) is 23.7. The highest BCUT2D eigenvalue weighted by molar-refractivity contribution is 6.33. The summed E-state index contributed by atoms with van der Waals surface area (Å²) in [6.07, 6.45) is 9.74. The van der Waals surface area contributed by atoms with Gasteiger partial charge in [0, 0.05) is 22.8 Å². The topological polar surface area (TPSA) is 93.9 Å². The first-order valence-corrected chi connectivity index (χ1v) is 17.7. The van der Waals surface area contributed by atoms with Crippen LogP contribution in [0.25, 0.3) is 5.69 Å². The number of benzene rings is 3. The highest BCUT2D eigenvalue weighted by atomic mass is 35.5. The lowest BCUT2D eigenvalue weighted by molar-refractivity contribution is -0.118. The first-order valence-electron chi connectivity index (χ1n) is 17.3. The van der Waals surface area contributed by atoms with Crippen molar-refractivity contribution < 1.29 is 19.1 Å². The number of aromatic nitrogens is 1. The van der Waals surface area contributed by atoms with Crippen LogP contribution in [0.3, 0.4) is 0 Å². The van der Waals surface area contributed by atoms with Gasteiger partial charge in [-0.2, -0.15) is 5.10 Å². The lowest BCUT2D eigenvalue weighted by atomic mass is 9.48. The van der Waals surface area contributed by atoms with Gasteiger partial charge in [-0.15, -0.1) is 0 Å². The van der Waals surface area contributed by atoms with Crippen molar-refractivity contribution >= 4 is 35.3 Å². The Kier molecular flexibility index (Phi) is 9.25. The molecule has 2 N–H and O–H groups in total. The number of nitrogens with zero attached hydrogens (tertiary/aromatic N) is 2. The van der Waals surface area contributed by atoms with Gasteiger partial charge in [0.2, 0.25) is 0 Å². The molecule has 9 heteroatoms. The molecule has 4 aromatic rings. The molecule has 1 aromatic heterocycles. The van der Waals surface area contributed by atoms with E-state index in [1.54, 1.807) is 30.3 Å². The van der Waals surface area contributed by atoms with Crippen molar-refractivity contribution in [3.63, 3.8) is 0 Å². The van der Waals surface area contributed by atoms with Gasteiger partial charge in [-0.3, -0.25) is 9.59 Å². The number of carbonyl (C=O) groups is 2. The standard InChI is InChI=1S/C40H43ClN4O4/c1-4-48-37-18-27(23-42-44-39(47)34-19-33(12-13-35(34)41)45-25(2)5-6-26(45)3)7-14-36(37)49-24-38(46)43-32-10-8-31(9-11-32)40-20-28-15-29(21-40)17-30(16-28)22-40/h5-14,18-19,23,28-30H,4,15-17,20-22,24H2,1-3H3,(H,43,46)(H,44,47). The number of amides is 2. The largest absolute Gasteiger partial charge is 0.490 e. The zero-order valence-electron chi connectivity index (χ0n) is 28.3. The van der Waals surface area contributed by atoms with E-state index in [9.17, 15) is 9.59 Å². The third kappa shape index (κ3) is 6.97. The molecule has 8 rings (SSSR count). The lowest BCUT2D eigenvalue weighted by Crippen LogP contribution is -2.48. The summed E-state index contributed by atoms with van der Waals surface area (Å²) in [4.78, 5) is 25.8. The predicted molar refractivity (Wildman–Crippen MR) is 193 cm³/mol. The summed E-state index contributed by atoms with van der Waals surface area (Å²) < 4.78 is 13.7. The second kappa shape index (κ2) is 13.7. The van der Waals surface area contributed by atoms with Crippen molar-refractivity contribution in [2.75, 3.05) is 18.5 Å². The number of hydrazone groups is 1. The van der Waals surface area contributed by atoms with Crippen LogP contribution in [-0.4, -0.2) is 35.8 Å². The fourth-order valence-electron chi connectivity index (χ4n) is 8.83. The Morgan fingerprint density at radius 3 is 2.20 bits per heavy atom. The monoisotopic (exact) mass is 678 g/mol. The maximum Gasteiger partial charge on any atom is 0.272 e. The molecule has 4 aliphatic rings. The van der Waals surface area contributed by atoms with Gasteiger partial charge in [0.15, 0.2) is 18.1 Å². The van der Waals surface area contributed by atoms with E-state index in [1.165, 1.54) is 50.3 Å². The summed E-state index contributed by atoms with van der Waals surface area (Å²) in [5, 5.41) is 7.45. The Bertz CT molecular complexity index is 1840. The molecule has 254 valence electrons. The summed E-state index contributed by atoms with van der Waals surface area (Å²) in [7, 11) is 0. The van der Waals surface area contributed by atoms with Crippen LogP contribution in [0.5, 0.6) is 11.5 Å². The summed E-state index contributed by atoms with van der Waals surface area (Å²) >= 11 is 6.38. The maximum absolute atomic E-state index is 13.0. The van der Waals surface area contributed by atoms with Crippen molar-refractivity contribution in [1.82, 2.24) is 9.99 Å². The van der Waals surface area contributed by atoms with Crippen LogP contribution >= 0.6 is 11.6 Å². The van der Waals surface area contributed by atoms with Crippen molar-refractivity contribution in [1.29, 1.82) is 0 Å². The molecule has 0 atom stereocenters. The van der Waals surface area contributed by atoms with Crippen LogP contribution in [0.1, 0.15) is 78.3 Å². The number of nitrogens with one attached hydrogen (secondary N) is 2. The summed E-state index contributed by atoms with van der Waals surface area (Å²) in [6.45, 7) is 6.13. The molecule has 4 fully saturated rings. The number of hydrogen-bond donors (Lipinski definition) is 2. The maximum atomic E-state index is 13.0. The van der Waals surface area contributed by atoms with E-state index >= 15 is 0 Å². The number of ether oxygens (including phenoxy) is 2. The van der Waals surface area contributed by atoms with Crippen molar-refractivity contribution in [2.45, 2.75) is 64.7 Å². The van der Waals surface area contributed by atoms with E-state index in [-0.39, 0.29) is 12.5 Å². The quantitative estimate of drug-likeness (QED) is 0.123. The van der Waals surface area contributed by atoms with Gasteiger partial charge >= 0.3 is 0 Å². The second-order valence-electron chi connectivity index (χ2n) is 14.1. The van der Waals surface area contributed by atoms with E-state index < -0.39 is 5.91 Å². The van der Waals surface area contributed by atoms with Crippen LogP contribution in [0.15, 0.2) is 77.9 Å². The summed E-state index contributed by atoms with van der Waals surface area (Å²) in [5.74, 6) is 2.92. The molecule has 49 heavy (non-hydrogen) atoms. The highest BCUT2D eigenvalue weighted by Gasteiger charge is 2.51. The van der Waals surface area contributed by atoms with Gasteiger partial charge in [-0.05, 0) is 154 Å². The Hall–Kier alpha value is -4.56. The molecular formula is C40H43ClN4O4.